The number of ether oxygens (including phenoxy) is 2. The number of rotatable bonds is 8. The smallest absolute Gasteiger partial charge is 0.376 e. The predicted octanol–water partition coefficient (Wildman–Crippen LogP) is 1.28. The van der Waals surface area contributed by atoms with Gasteiger partial charge in [0.1, 0.15) is 0 Å². The van der Waals surface area contributed by atoms with Crippen LogP contribution in [0, 0.1) is 5.92 Å². The molecule has 0 amide bonds. The van der Waals surface area contributed by atoms with E-state index in [4.69, 9.17) is 14.6 Å². The van der Waals surface area contributed by atoms with Crippen LogP contribution in [0.2, 0.25) is 0 Å². The lowest BCUT2D eigenvalue weighted by molar-refractivity contribution is -0.345. The maximum absolute atomic E-state index is 11.5. The van der Waals surface area contributed by atoms with E-state index in [0.717, 1.165) is 0 Å². The van der Waals surface area contributed by atoms with Crippen molar-refractivity contribution in [1.82, 2.24) is 0 Å². The zero-order valence-electron chi connectivity index (χ0n) is 12.1. The molecular formula is C14H22O6. The van der Waals surface area contributed by atoms with E-state index in [1.807, 2.05) is 0 Å². The fourth-order valence-corrected chi connectivity index (χ4v) is 1.24. The molecule has 0 aromatic heterocycles. The Kier molecular flexibility index (Phi) is 7.17. The molecular weight excluding hydrogens is 264 g/mol. The summed E-state index contributed by atoms with van der Waals surface area (Å²) in [5.74, 6) is -4.89. The van der Waals surface area contributed by atoms with Gasteiger partial charge in [-0.2, -0.15) is 0 Å². The molecule has 1 unspecified atom stereocenters. The molecule has 0 rings (SSSR count). The quantitative estimate of drug-likeness (QED) is 0.396. The molecule has 0 bridgehead atoms. The van der Waals surface area contributed by atoms with Gasteiger partial charge in [-0.25, -0.2) is 9.59 Å². The van der Waals surface area contributed by atoms with Crippen molar-refractivity contribution >= 4 is 11.9 Å². The van der Waals surface area contributed by atoms with E-state index in [-0.39, 0.29) is 17.8 Å². The molecule has 20 heavy (non-hydrogen) atoms. The average molecular weight is 286 g/mol. The van der Waals surface area contributed by atoms with Crippen LogP contribution in [0.5, 0.6) is 0 Å². The number of carbonyl (C=O) groups is 2. The van der Waals surface area contributed by atoms with E-state index >= 15 is 0 Å². The number of aliphatic hydroxyl groups excluding tert-OH is 1. The van der Waals surface area contributed by atoms with Crippen molar-refractivity contribution in [2.24, 2.45) is 5.92 Å². The first-order valence-electron chi connectivity index (χ1n) is 6.25. The monoisotopic (exact) mass is 286 g/mol. The highest BCUT2D eigenvalue weighted by Crippen LogP contribution is 2.27. The molecule has 0 aromatic carbocycles. The number of aliphatic hydroxyl groups is 2. The highest BCUT2D eigenvalue weighted by atomic mass is 16.8. The summed E-state index contributed by atoms with van der Waals surface area (Å²) < 4.78 is 9.66. The summed E-state index contributed by atoms with van der Waals surface area (Å²) in [5.41, 5.74) is 0.119. The van der Waals surface area contributed by atoms with Gasteiger partial charge in [-0.3, -0.25) is 0 Å². The van der Waals surface area contributed by atoms with Gasteiger partial charge >= 0.3 is 17.9 Å². The Morgan fingerprint density at radius 1 is 1.15 bits per heavy atom. The minimum atomic E-state index is -2.42. The molecule has 6 heteroatoms. The largest absolute Gasteiger partial charge is 0.396 e. The summed E-state index contributed by atoms with van der Waals surface area (Å²) in [4.78, 5) is 23.1. The van der Waals surface area contributed by atoms with Crippen LogP contribution in [0.3, 0.4) is 0 Å². The van der Waals surface area contributed by atoms with Crippen molar-refractivity contribution in [3.05, 3.63) is 24.3 Å². The third-order valence-electron chi connectivity index (χ3n) is 2.59. The Bertz CT molecular complexity index is 370. The minimum Gasteiger partial charge on any atom is -0.396 e. The third-order valence-corrected chi connectivity index (χ3v) is 2.59. The Labute approximate surface area is 118 Å². The molecule has 0 spiro atoms. The molecule has 1 atom stereocenters. The molecule has 0 heterocycles. The second kappa shape index (κ2) is 7.81. The van der Waals surface area contributed by atoms with Crippen LogP contribution >= 0.6 is 0 Å². The van der Waals surface area contributed by atoms with Crippen LogP contribution in [-0.4, -0.2) is 34.7 Å². The average Bonchev–Trinajstić information content (AvgIpc) is 2.35. The third kappa shape index (κ3) is 5.54. The van der Waals surface area contributed by atoms with E-state index in [1.165, 1.54) is 20.8 Å². The summed E-state index contributed by atoms with van der Waals surface area (Å²) in [6.07, 6.45) is 0.651. The molecule has 0 aliphatic heterocycles. The molecule has 0 aliphatic rings. The van der Waals surface area contributed by atoms with Crippen molar-refractivity contribution in [2.45, 2.75) is 39.6 Å². The summed E-state index contributed by atoms with van der Waals surface area (Å²) in [6, 6.07) is 0. The fraction of sp³-hybridized carbons (Fsp3) is 0.571. The van der Waals surface area contributed by atoms with Gasteiger partial charge in [0.05, 0.1) is 5.92 Å². The lowest BCUT2D eigenvalue weighted by atomic mass is 10.0. The molecule has 114 valence electrons. The Balaban J connectivity index is 5.10. The zero-order valence-corrected chi connectivity index (χ0v) is 12.1. The lowest BCUT2D eigenvalue weighted by Crippen LogP contribution is -2.46. The van der Waals surface area contributed by atoms with Crippen molar-refractivity contribution in [3.8, 4) is 0 Å². The van der Waals surface area contributed by atoms with Crippen LogP contribution in [0.4, 0.5) is 0 Å². The van der Waals surface area contributed by atoms with Crippen LogP contribution in [0.25, 0.3) is 0 Å². The summed E-state index contributed by atoms with van der Waals surface area (Å²) in [6.45, 7) is 11.0. The standard InChI is InChI=1S/C14H22O6/c1-9(2)12(16)19-14(18,11(5)7-6-8-15)20-13(17)10(3)4/h11,15,18H,1,3,6-8H2,2,4-5H3. The van der Waals surface area contributed by atoms with Gasteiger partial charge < -0.3 is 19.7 Å². The van der Waals surface area contributed by atoms with Crippen molar-refractivity contribution in [1.29, 1.82) is 0 Å². The molecule has 6 nitrogen and oxygen atoms in total. The number of hydrogen-bond donors (Lipinski definition) is 2. The number of carbonyl (C=O) groups excluding carboxylic acids is 2. The van der Waals surface area contributed by atoms with Gasteiger partial charge in [0, 0.05) is 17.8 Å². The van der Waals surface area contributed by atoms with E-state index in [9.17, 15) is 14.7 Å². The second-order valence-corrected chi connectivity index (χ2v) is 4.74. The topological polar surface area (TPSA) is 93.1 Å². The highest BCUT2D eigenvalue weighted by molar-refractivity contribution is 5.88. The fourth-order valence-electron chi connectivity index (χ4n) is 1.24. The lowest BCUT2D eigenvalue weighted by Gasteiger charge is -2.32. The number of hydrogen-bond acceptors (Lipinski definition) is 6. The SMILES string of the molecule is C=C(C)C(=O)OC(O)(OC(=O)C(=C)C)C(C)CCCO. The maximum atomic E-state index is 11.5. The van der Waals surface area contributed by atoms with Crippen LogP contribution in [0.1, 0.15) is 33.6 Å². The van der Waals surface area contributed by atoms with Crippen molar-refractivity contribution < 1.29 is 29.3 Å². The van der Waals surface area contributed by atoms with Gasteiger partial charge in [0.15, 0.2) is 0 Å². The van der Waals surface area contributed by atoms with Crippen molar-refractivity contribution in [2.75, 3.05) is 6.61 Å². The molecule has 0 aromatic rings. The van der Waals surface area contributed by atoms with Gasteiger partial charge in [-0.05, 0) is 26.7 Å². The molecule has 0 saturated heterocycles. The van der Waals surface area contributed by atoms with Crippen molar-refractivity contribution in [3.63, 3.8) is 0 Å². The van der Waals surface area contributed by atoms with Gasteiger partial charge in [0.2, 0.25) is 0 Å². The molecule has 2 N–H and O–H groups in total. The van der Waals surface area contributed by atoms with Gasteiger partial charge in [-0.15, -0.1) is 0 Å². The first-order valence-corrected chi connectivity index (χ1v) is 6.25. The Morgan fingerprint density at radius 2 is 1.55 bits per heavy atom. The van der Waals surface area contributed by atoms with E-state index < -0.39 is 23.8 Å². The van der Waals surface area contributed by atoms with Crippen LogP contribution < -0.4 is 0 Å². The summed E-state index contributed by atoms with van der Waals surface area (Å²) in [5, 5.41) is 19.1. The molecule has 0 fully saturated rings. The Morgan fingerprint density at radius 3 is 1.85 bits per heavy atom. The predicted molar refractivity (Wildman–Crippen MR) is 72.2 cm³/mol. The van der Waals surface area contributed by atoms with Gasteiger partial charge in [-0.1, -0.05) is 20.1 Å². The van der Waals surface area contributed by atoms with Gasteiger partial charge in [0.25, 0.3) is 0 Å². The molecule has 0 aliphatic carbocycles. The Hall–Kier alpha value is -1.66. The zero-order chi connectivity index (χ0) is 15.9. The molecule has 0 saturated carbocycles. The first kappa shape index (κ1) is 18.3. The molecule has 0 radical (unpaired) electrons. The maximum Gasteiger partial charge on any atom is 0.376 e. The normalized spacial score (nSPS) is 12.4. The second-order valence-electron chi connectivity index (χ2n) is 4.74. The van der Waals surface area contributed by atoms with E-state index in [2.05, 4.69) is 13.2 Å². The van der Waals surface area contributed by atoms with Crippen LogP contribution in [0.15, 0.2) is 24.3 Å². The van der Waals surface area contributed by atoms with E-state index in [0.29, 0.717) is 12.8 Å². The summed E-state index contributed by atoms with van der Waals surface area (Å²) >= 11 is 0. The highest BCUT2D eigenvalue weighted by Gasteiger charge is 2.42. The number of esters is 2. The van der Waals surface area contributed by atoms with E-state index in [1.54, 1.807) is 0 Å². The minimum absolute atomic E-state index is 0.0594. The van der Waals surface area contributed by atoms with Crippen LogP contribution in [-0.2, 0) is 19.1 Å². The first-order chi connectivity index (χ1) is 9.14. The summed E-state index contributed by atoms with van der Waals surface area (Å²) in [7, 11) is 0.